The van der Waals surface area contributed by atoms with Gasteiger partial charge in [-0.05, 0) is 30.9 Å². The highest BCUT2D eigenvalue weighted by molar-refractivity contribution is 7.89. The first-order valence-electron chi connectivity index (χ1n) is 7.33. The number of sulfonamides is 1. The second-order valence-electron chi connectivity index (χ2n) is 5.70. The van der Waals surface area contributed by atoms with E-state index in [0.29, 0.717) is 13.1 Å². The molecule has 1 aliphatic rings. The van der Waals surface area contributed by atoms with Crippen molar-refractivity contribution < 1.29 is 18.2 Å². The molecule has 0 aliphatic carbocycles. The van der Waals surface area contributed by atoms with Crippen LogP contribution >= 0.6 is 0 Å². The first-order valence-corrected chi connectivity index (χ1v) is 8.77. The fourth-order valence-corrected chi connectivity index (χ4v) is 4.31. The molecule has 1 heterocycles. The molecule has 0 N–H and O–H groups in total. The molecule has 1 unspecified atom stereocenters. The quantitative estimate of drug-likeness (QED) is 0.600. The van der Waals surface area contributed by atoms with E-state index in [1.807, 2.05) is 6.92 Å². The molecular formula is C14H21N3O5S. The molecule has 23 heavy (non-hydrogen) atoms. The van der Waals surface area contributed by atoms with Crippen molar-refractivity contribution in [2.45, 2.75) is 24.7 Å². The van der Waals surface area contributed by atoms with Crippen LogP contribution in [0, 0.1) is 16.0 Å². The normalized spacial score (nSPS) is 19.5. The van der Waals surface area contributed by atoms with Crippen LogP contribution in [-0.2, 0) is 14.9 Å². The van der Waals surface area contributed by atoms with Gasteiger partial charge in [-0.3, -0.25) is 20.0 Å². The van der Waals surface area contributed by atoms with Crippen LogP contribution in [0.5, 0.6) is 0 Å². The average molecular weight is 343 g/mol. The van der Waals surface area contributed by atoms with Gasteiger partial charge in [0.05, 0.1) is 16.9 Å². The van der Waals surface area contributed by atoms with E-state index < -0.39 is 14.9 Å². The van der Waals surface area contributed by atoms with Crippen LogP contribution in [0.2, 0.25) is 0 Å². The molecule has 128 valence electrons. The van der Waals surface area contributed by atoms with Crippen molar-refractivity contribution in [3.63, 3.8) is 0 Å². The number of nitro groups is 1. The largest absolute Gasteiger partial charge is 0.296 e. The second-order valence-corrected chi connectivity index (χ2v) is 7.64. The maximum atomic E-state index is 12.7. The fourth-order valence-electron chi connectivity index (χ4n) is 2.69. The van der Waals surface area contributed by atoms with E-state index in [9.17, 15) is 18.5 Å². The van der Waals surface area contributed by atoms with Crippen molar-refractivity contribution in [3.8, 4) is 0 Å². The Bertz CT molecular complexity index is 692. The average Bonchev–Trinajstić information content (AvgIpc) is 2.53. The Hall–Kier alpha value is -1.71. The monoisotopic (exact) mass is 343 g/mol. The number of nitrogens with zero attached hydrogens (tertiary/aromatic N) is 3. The zero-order valence-corrected chi connectivity index (χ0v) is 14.2. The molecule has 0 bridgehead atoms. The molecule has 9 heteroatoms. The van der Waals surface area contributed by atoms with Gasteiger partial charge >= 0.3 is 0 Å². The highest BCUT2D eigenvalue weighted by Crippen LogP contribution is 2.32. The Morgan fingerprint density at radius 1 is 1.43 bits per heavy atom. The van der Waals surface area contributed by atoms with Gasteiger partial charge < -0.3 is 0 Å². The minimum Gasteiger partial charge on any atom is -0.277 e. The topological polar surface area (TPSA) is 93.0 Å². The lowest BCUT2D eigenvalue weighted by atomic mass is 10.0. The molecule has 1 atom stereocenters. The third-order valence-electron chi connectivity index (χ3n) is 4.01. The van der Waals surface area contributed by atoms with Gasteiger partial charge in [0.2, 0.25) is 10.0 Å². The molecule has 0 aromatic heterocycles. The highest BCUT2D eigenvalue weighted by Gasteiger charge is 2.31. The summed E-state index contributed by atoms with van der Waals surface area (Å²) in [7, 11) is -0.835. The molecule has 1 aromatic rings. The second kappa shape index (κ2) is 6.81. The van der Waals surface area contributed by atoms with Crippen LogP contribution in [0.15, 0.2) is 23.1 Å². The summed E-state index contributed by atoms with van der Waals surface area (Å²) < 4.78 is 26.8. The summed E-state index contributed by atoms with van der Waals surface area (Å²) >= 11 is 0. The molecular weight excluding hydrogens is 322 g/mol. The highest BCUT2D eigenvalue weighted by atomic mass is 32.2. The van der Waals surface area contributed by atoms with E-state index in [1.165, 1.54) is 35.7 Å². The Labute approximate surface area is 135 Å². The summed E-state index contributed by atoms with van der Waals surface area (Å²) in [5.74, 6) is 0.285. The van der Waals surface area contributed by atoms with Crippen LogP contribution in [0.25, 0.3) is 0 Å². The third kappa shape index (κ3) is 3.62. The predicted molar refractivity (Wildman–Crippen MR) is 85.7 cm³/mol. The van der Waals surface area contributed by atoms with Crippen molar-refractivity contribution in [2.24, 2.45) is 5.92 Å². The number of piperidine rings is 1. The Balaban J connectivity index is 2.43. The summed E-state index contributed by atoms with van der Waals surface area (Å²) in [6.07, 6.45) is 1.79. The number of benzene rings is 1. The van der Waals surface area contributed by atoms with Gasteiger partial charge in [-0.25, -0.2) is 8.42 Å². The number of hydrogen-bond acceptors (Lipinski definition) is 6. The van der Waals surface area contributed by atoms with Gasteiger partial charge in [-0.15, -0.1) is 0 Å². The Morgan fingerprint density at radius 2 is 2.13 bits per heavy atom. The minimum absolute atomic E-state index is 0.0634. The number of hydrogen-bond donors (Lipinski definition) is 0. The number of rotatable bonds is 5. The smallest absolute Gasteiger partial charge is 0.277 e. The Morgan fingerprint density at radius 3 is 2.70 bits per heavy atom. The maximum absolute atomic E-state index is 12.7. The van der Waals surface area contributed by atoms with Gasteiger partial charge in [-0.2, -0.15) is 4.31 Å². The molecule has 0 saturated carbocycles. The van der Waals surface area contributed by atoms with Crippen LogP contribution in [-0.4, -0.2) is 44.9 Å². The van der Waals surface area contributed by atoms with Crippen LogP contribution in [0.1, 0.15) is 19.8 Å². The first-order chi connectivity index (χ1) is 10.8. The van der Waals surface area contributed by atoms with Gasteiger partial charge in [0, 0.05) is 26.2 Å². The van der Waals surface area contributed by atoms with Crippen LogP contribution in [0.3, 0.4) is 0 Å². The molecule has 1 fully saturated rings. The SMILES string of the molecule is CON(C)c1ccc(S(=O)(=O)N2CCCC(C)C2)cc1[N+](=O)[O-]. The fraction of sp³-hybridized carbons (Fsp3) is 0.571. The third-order valence-corrected chi connectivity index (χ3v) is 5.88. The maximum Gasteiger partial charge on any atom is 0.296 e. The van der Waals surface area contributed by atoms with Gasteiger partial charge in [0.25, 0.3) is 5.69 Å². The molecule has 1 aliphatic heterocycles. The van der Waals surface area contributed by atoms with Gasteiger partial charge in [-0.1, -0.05) is 6.92 Å². The molecule has 8 nitrogen and oxygen atoms in total. The number of anilines is 1. The number of hydroxylamine groups is 1. The van der Waals surface area contributed by atoms with Crippen molar-refractivity contribution >= 4 is 21.4 Å². The van der Waals surface area contributed by atoms with Crippen molar-refractivity contribution in [1.82, 2.24) is 4.31 Å². The van der Waals surface area contributed by atoms with Crippen LogP contribution < -0.4 is 5.06 Å². The molecule has 0 amide bonds. The van der Waals surface area contributed by atoms with E-state index in [4.69, 9.17) is 4.84 Å². The van der Waals surface area contributed by atoms with E-state index in [1.54, 1.807) is 0 Å². The standard InChI is InChI=1S/C14H21N3O5S/c1-11-5-4-8-16(10-11)23(20,21)12-6-7-13(15(2)22-3)14(9-12)17(18)19/h6-7,9,11H,4-5,8,10H2,1-3H3. The van der Waals surface area contributed by atoms with Gasteiger partial charge in [0.1, 0.15) is 5.69 Å². The summed E-state index contributed by atoms with van der Waals surface area (Å²) in [6.45, 7) is 2.89. The number of nitro benzene ring substituents is 1. The van der Waals surface area contributed by atoms with Crippen molar-refractivity contribution in [2.75, 3.05) is 32.3 Å². The molecule has 1 aromatic carbocycles. The first kappa shape index (κ1) is 17.6. The minimum atomic E-state index is -3.73. The lowest BCUT2D eigenvalue weighted by Crippen LogP contribution is -2.39. The van der Waals surface area contributed by atoms with Crippen molar-refractivity contribution in [3.05, 3.63) is 28.3 Å². The molecule has 0 spiro atoms. The lowest BCUT2D eigenvalue weighted by molar-refractivity contribution is -0.384. The summed E-state index contributed by atoms with van der Waals surface area (Å²) in [5, 5.41) is 12.5. The summed E-state index contributed by atoms with van der Waals surface area (Å²) in [5.41, 5.74) is -0.107. The van der Waals surface area contributed by atoms with Crippen molar-refractivity contribution in [1.29, 1.82) is 0 Å². The Kier molecular flexibility index (Phi) is 5.23. The van der Waals surface area contributed by atoms with Gasteiger partial charge in [0.15, 0.2) is 0 Å². The van der Waals surface area contributed by atoms with Crippen LogP contribution in [0.4, 0.5) is 11.4 Å². The lowest BCUT2D eigenvalue weighted by Gasteiger charge is -2.30. The summed E-state index contributed by atoms with van der Waals surface area (Å²) in [6, 6.07) is 3.87. The van der Waals surface area contributed by atoms with E-state index in [2.05, 4.69) is 0 Å². The molecule has 0 radical (unpaired) electrons. The molecule has 2 rings (SSSR count). The van der Waals surface area contributed by atoms with E-state index in [0.717, 1.165) is 18.9 Å². The van der Waals surface area contributed by atoms with E-state index in [-0.39, 0.29) is 22.2 Å². The van der Waals surface area contributed by atoms with E-state index >= 15 is 0 Å². The summed E-state index contributed by atoms with van der Waals surface area (Å²) in [4.78, 5) is 15.5. The predicted octanol–water partition coefficient (Wildman–Crippen LogP) is 2.01. The zero-order chi connectivity index (χ0) is 17.2. The molecule has 1 saturated heterocycles. The zero-order valence-electron chi connectivity index (χ0n) is 13.4.